The molecule has 0 saturated carbocycles. The minimum atomic E-state index is -0.0630. The molecule has 1 aromatic heterocycles. The predicted octanol–water partition coefficient (Wildman–Crippen LogP) is 4.73. The molecule has 3 heteroatoms. The van der Waals surface area contributed by atoms with Crippen LogP contribution in [0.2, 0.25) is 0 Å². The molecule has 0 saturated heterocycles. The highest BCUT2D eigenvalue weighted by Crippen LogP contribution is 2.27. The Morgan fingerprint density at radius 3 is 2.22 bits per heavy atom. The second-order valence-corrected chi connectivity index (χ2v) is 5.23. The number of para-hydroxylation sites is 1. The first-order chi connectivity index (χ1) is 11.3. The van der Waals surface area contributed by atoms with Crippen LogP contribution in [0.4, 0.5) is 0 Å². The van der Waals surface area contributed by atoms with Crippen molar-refractivity contribution in [2.24, 2.45) is 0 Å². The maximum Gasteiger partial charge on any atom is 0.227 e. The normalized spacial score (nSPS) is 10.8. The van der Waals surface area contributed by atoms with E-state index in [0.717, 1.165) is 5.56 Å². The number of oxazole rings is 1. The topological polar surface area (TPSA) is 43.1 Å². The molecule has 4 rings (SSSR count). The van der Waals surface area contributed by atoms with Crippen LogP contribution in [0.1, 0.15) is 15.9 Å². The van der Waals surface area contributed by atoms with Gasteiger partial charge in [-0.05, 0) is 24.3 Å². The number of hydrogen-bond donors (Lipinski definition) is 0. The molecule has 0 aliphatic carbocycles. The lowest BCUT2D eigenvalue weighted by Gasteiger charge is -2.01. The first kappa shape index (κ1) is 13.5. The zero-order valence-corrected chi connectivity index (χ0v) is 12.3. The highest BCUT2D eigenvalue weighted by Gasteiger charge is 2.17. The number of hydrogen-bond acceptors (Lipinski definition) is 3. The Hall–Kier alpha value is -3.20. The zero-order chi connectivity index (χ0) is 15.6. The summed E-state index contributed by atoms with van der Waals surface area (Å²) in [5.41, 5.74) is 3.27. The fourth-order valence-electron chi connectivity index (χ4n) is 2.58. The lowest BCUT2D eigenvalue weighted by atomic mass is 10.0. The summed E-state index contributed by atoms with van der Waals surface area (Å²) in [6.45, 7) is 0. The number of ketones is 1. The van der Waals surface area contributed by atoms with Crippen molar-refractivity contribution < 1.29 is 9.21 Å². The van der Waals surface area contributed by atoms with Crippen molar-refractivity contribution in [3.8, 4) is 11.5 Å². The SMILES string of the molecule is O=C(c1ccccc1)c1cccc2nc(-c3ccccc3)oc12. The monoisotopic (exact) mass is 299 g/mol. The third-order valence-corrected chi connectivity index (χ3v) is 3.72. The quantitative estimate of drug-likeness (QED) is 0.514. The maximum absolute atomic E-state index is 12.7. The van der Waals surface area contributed by atoms with E-state index in [1.165, 1.54) is 0 Å². The number of benzene rings is 3. The molecule has 0 radical (unpaired) electrons. The molecule has 0 unspecified atom stereocenters. The number of nitrogens with zero attached hydrogens (tertiary/aromatic N) is 1. The Kier molecular flexibility index (Phi) is 3.24. The first-order valence-corrected chi connectivity index (χ1v) is 7.37. The highest BCUT2D eigenvalue weighted by atomic mass is 16.3. The average Bonchev–Trinajstić information content (AvgIpc) is 3.07. The summed E-state index contributed by atoms with van der Waals surface area (Å²) in [6, 6.07) is 24.3. The lowest BCUT2D eigenvalue weighted by molar-refractivity contribution is 0.103. The van der Waals surface area contributed by atoms with Crippen LogP contribution in [-0.2, 0) is 0 Å². The van der Waals surface area contributed by atoms with E-state index in [1.54, 1.807) is 18.2 Å². The van der Waals surface area contributed by atoms with Crippen LogP contribution >= 0.6 is 0 Å². The summed E-state index contributed by atoms with van der Waals surface area (Å²) in [6.07, 6.45) is 0. The Morgan fingerprint density at radius 2 is 1.48 bits per heavy atom. The van der Waals surface area contributed by atoms with Gasteiger partial charge >= 0.3 is 0 Å². The standard InChI is InChI=1S/C20H13NO2/c22-18(14-8-3-1-4-9-14)16-12-7-13-17-19(16)23-20(21-17)15-10-5-2-6-11-15/h1-13H. The van der Waals surface area contributed by atoms with Crippen LogP contribution in [-0.4, -0.2) is 10.8 Å². The van der Waals surface area contributed by atoms with E-state index in [9.17, 15) is 4.79 Å². The van der Waals surface area contributed by atoms with Gasteiger partial charge in [0.05, 0.1) is 5.56 Å². The number of carbonyl (C=O) groups is 1. The minimum absolute atomic E-state index is 0.0630. The van der Waals surface area contributed by atoms with Crippen molar-refractivity contribution in [2.75, 3.05) is 0 Å². The molecule has 0 bridgehead atoms. The second kappa shape index (κ2) is 5.54. The van der Waals surface area contributed by atoms with E-state index in [0.29, 0.717) is 28.1 Å². The molecule has 4 aromatic rings. The van der Waals surface area contributed by atoms with E-state index in [4.69, 9.17) is 4.42 Å². The smallest absolute Gasteiger partial charge is 0.227 e. The van der Waals surface area contributed by atoms with Gasteiger partial charge in [-0.3, -0.25) is 4.79 Å². The van der Waals surface area contributed by atoms with Gasteiger partial charge < -0.3 is 4.42 Å². The molecule has 0 fully saturated rings. The molecule has 0 aliphatic heterocycles. The van der Waals surface area contributed by atoms with E-state index >= 15 is 0 Å². The summed E-state index contributed by atoms with van der Waals surface area (Å²) in [4.78, 5) is 17.2. The molecule has 0 aliphatic rings. The fraction of sp³-hybridized carbons (Fsp3) is 0. The summed E-state index contributed by atoms with van der Waals surface area (Å²) < 4.78 is 5.90. The van der Waals surface area contributed by atoms with Gasteiger partial charge in [0.15, 0.2) is 11.4 Å². The summed E-state index contributed by atoms with van der Waals surface area (Å²) in [5.74, 6) is 0.459. The number of carbonyl (C=O) groups excluding carboxylic acids is 1. The first-order valence-electron chi connectivity index (χ1n) is 7.37. The van der Waals surface area contributed by atoms with Crippen LogP contribution in [0, 0.1) is 0 Å². The largest absolute Gasteiger partial charge is 0.435 e. The summed E-state index contributed by atoms with van der Waals surface area (Å²) in [5, 5.41) is 0. The second-order valence-electron chi connectivity index (χ2n) is 5.23. The Bertz CT molecular complexity index is 972. The molecular formula is C20H13NO2. The molecule has 0 amide bonds. The van der Waals surface area contributed by atoms with E-state index in [2.05, 4.69) is 4.98 Å². The highest BCUT2D eigenvalue weighted by molar-refractivity contribution is 6.14. The van der Waals surface area contributed by atoms with Gasteiger partial charge in [-0.15, -0.1) is 0 Å². The molecule has 23 heavy (non-hydrogen) atoms. The number of fused-ring (bicyclic) bond motifs is 1. The van der Waals surface area contributed by atoms with Crippen molar-refractivity contribution in [1.29, 1.82) is 0 Å². The summed E-state index contributed by atoms with van der Waals surface area (Å²) >= 11 is 0. The van der Waals surface area contributed by atoms with Gasteiger partial charge in [-0.1, -0.05) is 54.6 Å². The predicted molar refractivity (Wildman–Crippen MR) is 89.3 cm³/mol. The van der Waals surface area contributed by atoms with Crippen molar-refractivity contribution in [3.05, 3.63) is 90.0 Å². The van der Waals surface area contributed by atoms with Gasteiger partial charge in [0.1, 0.15) is 5.52 Å². The van der Waals surface area contributed by atoms with Gasteiger partial charge in [0, 0.05) is 11.1 Å². The van der Waals surface area contributed by atoms with E-state index < -0.39 is 0 Å². The third kappa shape index (κ3) is 2.42. The van der Waals surface area contributed by atoms with E-state index in [1.807, 2.05) is 60.7 Å². The molecule has 0 atom stereocenters. The number of rotatable bonds is 3. The van der Waals surface area contributed by atoms with Crippen LogP contribution in [0.15, 0.2) is 83.3 Å². The molecule has 0 spiro atoms. The Labute approximate surface area is 133 Å². The third-order valence-electron chi connectivity index (χ3n) is 3.72. The van der Waals surface area contributed by atoms with Gasteiger partial charge in [0.2, 0.25) is 5.89 Å². The van der Waals surface area contributed by atoms with Gasteiger partial charge in [0.25, 0.3) is 0 Å². The molecule has 3 aromatic carbocycles. The molecule has 0 N–H and O–H groups in total. The zero-order valence-electron chi connectivity index (χ0n) is 12.3. The van der Waals surface area contributed by atoms with Gasteiger partial charge in [-0.25, -0.2) is 4.98 Å². The lowest BCUT2D eigenvalue weighted by Crippen LogP contribution is -2.01. The van der Waals surface area contributed by atoms with Crippen molar-refractivity contribution >= 4 is 16.9 Å². The van der Waals surface area contributed by atoms with Gasteiger partial charge in [-0.2, -0.15) is 0 Å². The van der Waals surface area contributed by atoms with E-state index in [-0.39, 0.29) is 5.78 Å². The molecule has 110 valence electrons. The fourth-order valence-corrected chi connectivity index (χ4v) is 2.58. The van der Waals surface area contributed by atoms with Crippen LogP contribution in [0.25, 0.3) is 22.6 Å². The van der Waals surface area contributed by atoms with Crippen molar-refractivity contribution in [2.45, 2.75) is 0 Å². The minimum Gasteiger partial charge on any atom is -0.435 e. The Morgan fingerprint density at radius 1 is 0.783 bits per heavy atom. The van der Waals surface area contributed by atoms with Crippen molar-refractivity contribution in [3.63, 3.8) is 0 Å². The van der Waals surface area contributed by atoms with Crippen LogP contribution in [0.5, 0.6) is 0 Å². The maximum atomic E-state index is 12.7. The van der Waals surface area contributed by atoms with Crippen molar-refractivity contribution in [1.82, 2.24) is 4.98 Å². The van der Waals surface area contributed by atoms with Crippen LogP contribution in [0.3, 0.4) is 0 Å². The van der Waals surface area contributed by atoms with Crippen LogP contribution < -0.4 is 0 Å². The molecule has 3 nitrogen and oxygen atoms in total. The molecular weight excluding hydrogens is 286 g/mol. The summed E-state index contributed by atoms with van der Waals surface area (Å²) in [7, 11) is 0. The number of aromatic nitrogens is 1. The Balaban J connectivity index is 1.85. The molecule has 1 heterocycles. The average molecular weight is 299 g/mol.